The van der Waals surface area contributed by atoms with Gasteiger partial charge in [0.25, 0.3) is 5.91 Å². The Labute approximate surface area is 171 Å². The largest absolute Gasteiger partial charge is 0.484 e. The number of carbonyl (C=O) groups is 2. The van der Waals surface area contributed by atoms with E-state index in [1.165, 1.54) is 5.56 Å². The number of likely N-dealkylation sites (tertiary alicyclic amines) is 1. The number of hydrogen-bond donors (Lipinski definition) is 1. The molecule has 2 atom stereocenters. The van der Waals surface area contributed by atoms with Crippen LogP contribution in [0.4, 0.5) is 5.69 Å². The van der Waals surface area contributed by atoms with Crippen LogP contribution in [0.1, 0.15) is 24.3 Å². The molecule has 2 aliphatic rings. The number of anilines is 1. The highest BCUT2D eigenvalue weighted by Crippen LogP contribution is 2.32. The maximum absolute atomic E-state index is 12.7. The zero-order valence-electron chi connectivity index (χ0n) is 16.5. The first-order chi connectivity index (χ1) is 14.2. The van der Waals surface area contributed by atoms with Gasteiger partial charge in [0.15, 0.2) is 6.61 Å². The molecule has 2 amide bonds. The highest BCUT2D eigenvalue weighted by Gasteiger charge is 2.35. The number of nitrogens with two attached hydrogens (primary N) is 1. The van der Waals surface area contributed by atoms with Gasteiger partial charge in [-0.25, -0.2) is 0 Å². The fourth-order valence-corrected chi connectivity index (χ4v) is 4.27. The van der Waals surface area contributed by atoms with Crippen LogP contribution >= 0.6 is 0 Å². The molecule has 2 aliphatic heterocycles. The Morgan fingerprint density at radius 2 is 1.83 bits per heavy atom. The predicted octanol–water partition coefficient (Wildman–Crippen LogP) is 2.39. The smallest absolute Gasteiger partial charge is 0.260 e. The van der Waals surface area contributed by atoms with Crippen molar-refractivity contribution in [3.63, 3.8) is 0 Å². The molecule has 0 radical (unpaired) electrons. The standard InChI is InChI=1S/C23H27N3O3/c24-13-18-14-25(15-21(18)17-5-2-1-3-6-17)23(28)16-29-20-10-8-19(9-11-20)26-12-4-7-22(26)27/h1-3,5-6,8-11,18,21H,4,7,12-16,24H2/t18-,21+/m1/s1. The SMILES string of the molecule is NC[C@@H]1CN(C(=O)COc2ccc(N3CCCC3=O)cc2)C[C@H]1c1ccccc1. The Balaban J connectivity index is 1.33. The number of hydrogen-bond acceptors (Lipinski definition) is 4. The first-order valence-electron chi connectivity index (χ1n) is 10.2. The molecule has 0 spiro atoms. The number of ether oxygens (including phenoxy) is 1. The van der Waals surface area contributed by atoms with Gasteiger partial charge in [-0.1, -0.05) is 30.3 Å². The fraction of sp³-hybridized carbons (Fsp3) is 0.391. The lowest BCUT2D eigenvalue weighted by molar-refractivity contribution is -0.132. The predicted molar refractivity (Wildman–Crippen MR) is 112 cm³/mol. The second-order valence-electron chi connectivity index (χ2n) is 7.74. The summed E-state index contributed by atoms with van der Waals surface area (Å²) in [4.78, 5) is 28.2. The van der Waals surface area contributed by atoms with Gasteiger partial charge in [0, 0.05) is 37.7 Å². The van der Waals surface area contributed by atoms with Gasteiger partial charge >= 0.3 is 0 Å². The zero-order chi connectivity index (χ0) is 20.2. The summed E-state index contributed by atoms with van der Waals surface area (Å²) in [6, 6.07) is 17.6. The third kappa shape index (κ3) is 4.27. The van der Waals surface area contributed by atoms with E-state index < -0.39 is 0 Å². The lowest BCUT2D eigenvalue weighted by Gasteiger charge is -2.18. The summed E-state index contributed by atoms with van der Waals surface area (Å²) in [5.41, 5.74) is 8.07. The normalized spacial score (nSPS) is 21.6. The summed E-state index contributed by atoms with van der Waals surface area (Å²) < 4.78 is 5.71. The van der Waals surface area contributed by atoms with E-state index >= 15 is 0 Å². The fourth-order valence-electron chi connectivity index (χ4n) is 4.27. The van der Waals surface area contributed by atoms with E-state index in [1.54, 1.807) is 4.90 Å². The van der Waals surface area contributed by atoms with Crippen LogP contribution in [-0.4, -0.2) is 49.5 Å². The molecule has 152 valence electrons. The van der Waals surface area contributed by atoms with Crippen molar-refractivity contribution in [2.45, 2.75) is 18.8 Å². The molecule has 2 N–H and O–H groups in total. The number of rotatable bonds is 6. The van der Waals surface area contributed by atoms with Crippen LogP contribution in [0.15, 0.2) is 54.6 Å². The summed E-state index contributed by atoms with van der Waals surface area (Å²) in [6.45, 7) is 2.65. The molecule has 2 aromatic rings. The van der Waals surface area contributed by atoms with Crippen molar-refractivity contribution < 1.29 is 14.3 Å². The average Bonchev–Trinajstić information content (AvgIpc) is 3.39. The van der Waals surface area contributed by atoms with Crippen molar-refractivity contribution >= 4 is 17.5 Å². The van der Waals surface area contributed by atoms with Gasteiger partial charge in [-0.3, -0.25) is 9.59 Å². The van der Waals surface area contributed by atoms with Gasteiger partial charge in [0.1, 0.15) is 5.75 Å². The molecule has 2 saturated heterocycles. The second-order valence-corrected chi connectivity index (χ2v) is 7.74. The van der Waals surface area contributed by atoms with Gasteiger partial charge in [-0.05, 0) is 48.7 Å². The second kappa shape index (κ2) is 8.66. The molecule has 4 rings (SSSR count). The minimum atomic E-state index is -0.0271. The lowest BCUT2D eigenvalue weighted by atomic mass is 9.89. The third-order valence-electron chi connectivity index (χ3n) is 5.91. The van der Waals surface area contributed by atoms with Crippen LogP contribution in [0.25, 0.3) is 0 Å². The van der Waals surface area contributed by atoms with Crippen LogP contribution in [0.3, 0.4) is 0 Å². The van der Waals surface area contributed by atoms with E-state index in [0.717, 1.165) is 18.7 Å². The molecule has 0 saturated carbocycles. The molecular weight excluding hydrogens is 366 g/mol. The van der Waals surface area contributed by atoms with Gasteiger partial charge in [-0.15, -0.1) is 0 Å². The summed E-state index contributed by atoms with van der Waals surface area (Å²) in [5.74, 6) is 1.29. The Kier molecular flexibility index (Phi) is 5.81. The Morgan fingerprint density at radius 1 is 1.07 bits per heavy atom. The van der Waals surface area contributed by atoms with E-state index in [2.05, 4.69) is 12.1 Å². The lowest BCUT2D eigenvalue weighted by Crippen LogP contribution is -2.33. The maximum atomic E-state index is 12.7. The zero-order valence-corrected chi connectivity index (χ0v) is 16.5. The first-order valence-corrected chi connectivity index (χ1v) is 10.2. The average molecular weight is 393 g/mol. The van der Waals surface area contributed by atoms with Gasteiger partial charge in [0.05, 0.1) is 0 Å². The highest BCUT2D eigenvalue weighted by atomic mass is 16.5. The van der Waals surface area contributed by atoms with Crippen molar-refractivity contribution in [3.8, 4) is 5.75 Å². The van der Waals surface area contributed by atoms with Crippen LogP contribution in [-0.2, 0) is 9.59 Å². The molecule has 0 aromatic heterocycles. The molecule has 2 fully saturated rings. The molecule has 2 aromatic carbocycles. The number of nitrogens with zero attached hydrogens (tertiary/aromatic N) is 2. The molecule has 0 aliphatic carbocycles. The van der Waals surface area contributed by atoms with E-state index in [1.807, 2.05) is 47.4 Å². The third-order valence-corrected chi connectivity index (χ3v) is 5.91. The minimum absolute atomic E-state index is 0.000786. The molecule has 6 nitrogen and oxygen atoms in total. The first kappa shape index (κ1) is 19.5. The summed E-state index contributed by atoms with van der Waals surface area (Å²) in [7, 11) is 0. The Hall–Kier alpha value is -2.86. The van der Waals surface area contributed by atoms with Gasteiger partial charge in [-0.2, -0.15) is 0 Å². The van der Waals surface area contributed by atoms with Crippen molar-refractivity contribution in [1.82, 2.24) is 4.90 Å². The number of carbonyl (C=O) groups excluding carboxylic acids is 2. The van der Waals surface area contributed by atoms with Crippen LogP contribution < -0.4 is 15.4 Å². The number of amides is 2. The molecule has 0 unspecified atom stereocenters. The van der Waals surface area contributed by atoms with E-state index in [4.69, 9.17) is 10.5 Å². The summed E-state index contributed by atoms with van der Waals surface area (Å²) in [5, 5.41) is 0. The molecular formula is C23H27N3O3. The van der Waals surface area contributed by atoms with Crippen LogP contribution in [0, 0.1) is 5.92 Å². The van der Waals surface area contributed by atoms with Crippen molar-refractivity contribution in [2.75, 3.05) is 37.7 Å². The van der Waals surface area contributed by atoms with Gasteiger partial charge < -0.3 is 20.3 Å². The molecule has 29 heavy (non-hydrogen) atoms. The summed E-state index contributed by atoms with van der Waals surface area (Å²) in [6.07, 6.45) is 1.51. The number of benzene rings is 2. The topological polar surface area (TPSA) is 75.9 Å². The van der Waals surface area contributed by atoms with Crippen LogP contribution in [0.5, 0.6) is 5.75 Å². The molecule has 2 heterocycles. The van der Waals surface area contributed by atoms with Crippen molar-refractivity contribution in [1.29, 1.82) is 0 Å². The monoisotopic (exact) mass is 393 g/mol. The van der Waals surface area contributed by atoms with E-state index in [0.29, 0.717) is 31.8 Å². The van der Waals surface area contributed by atoms with Crippen molar-refractivity contribution in [2.24, 2.45) is 11.7 Å². The highest BCUT2D eigenvalue weighted by molar-refractivity contribution is 5.95. The van der Waals surface area contributed by atoms with Crippen molar-refractivity contribution in [3.05, 3.63) is 60.2 Å². The minimum Gasteiger partial charge on any atom is -0.484 e. The van der Waals surface area contributed by atoms with Gasteiger partial charge in [0.2, 0.25) is 5.91 Å². The van der Waals surface area contributed by atoms with Crippen LogP contribution in [0.2, 0.25) is 0 Å². The summed E-state index contributed by atoms with van der Waals surface area (Å²) >= 11 is 0. The molecule has 6 heteroatoms. The molecule has 0 bridgehead atoms. The van der Waals surface area contributed by atoms with E-state index in [9.17, 15) is 9.59 Å². The maximum Gasteiger partial charge on any atom is 0.260 e. The Bertz CT molecular complexity index is 853. The van der Waals surface area contributed by atoms with E-state index in [-0.39, 0.29) is 30.3 Å². The Morgan fingerprint density at radius 3 is 2.48 bits per heavy atom. The quantitative estimate of drug-likeness (QED) is 0.818.